The molecule has 2 aromatic heterocycles. The molecule has 6 nitrogen and oxygen atoms in total. The molecule has 0 fully saturated rings. The molecule has 36 heavy (non-hydrogen) atoms. The number of nitrogens with zero attached hydrogens (tertiary/aromatic N) is 3. The summed E-state index contributed by atoms with van der Waals surface area (Å²) in [5.41, 5.74) is 5.09. The van der Waals surface area contributed by atoms with E-state index < -0.39 is 0 Å². The molecule has 0 saturated carbocycles. The first-order valence-corrected chi connectivity index (χ1v) is 12.3. The van der Waals surface area contributed by atoms with Crippen LogP contribution >= 0.6 is 0 Å². The van der Waals surface area contributed by atoms with Gasteiger partial charge < -0.3 is 9.73 Å². The third kappa shape index (κ3) is 7.36. The number of carbonyl (C=O) groups excluding carboxylic acids is 1. The van der Waals surface area contributed by atoms with Crippen molar-refractivity contribution in [1.82, 2.24) is 20.2 Å². The van der Waals surface area contributed by atoms with Crippen LogP contribution in [0.3, 0.4) is 0 Å². The second-order valence-electron chi connectivity index (χ2n) is 10.0. The third-order valence-corrected chi connectivity index (χ3v) is 6.01. The quantitative estimate of drug-likeness (QED) is 0.321. The lowest BCUT2D eigenvalue weighted by Gasteiger charge is -2.23. The van der Waals surface area contributed by atoms with Gasteiger partial charge in [-0.2, -0.15) is 0 Å². The minimum absolute atomic E-state index is 0.120. The summed E-state index contributed by atoms with van der Waals surface area (Å²) in [5.74, 6) is 0.278. The predicted molar refractivity (Wildman–Crippen MR) is 141 cm³/mol. The van der Waals surface area contributed by atoms with Crippen LogP contribution in [-0.4, -0.2) is 27.3 Å². The van der Waals surface area contributed by atoms with E-state index in [9.17, 15) is 4.79 Å². The Hall–Kier alpha value is -3.77. The number of benzene rings is 2. The van der Waals surface area contributed by atoms with Crippen LogP contribution in [0.4, 0.5) is 0 Å². The van der Waals surface area contributed by atoms with Gasteiger partial charge in [0, 0.05) is 37.9 Å². The average Bonchev–Trinajstić information content (AvgIpc) is 3.34. The Labute approximate surface area is 213 Å². The van der Waals surface area contributed by atoms with Gasteiger partial charge in [-0.15, -0.1) is 0 Å². The Morgan fingerprint density at radius 3 is 2.25 bits per heavy atom. The molecule has 1 N–H and O–H groups in total. The Morgan fingerprint density at radius 1 is 0.889 bits per heavy atom. The number of oxazole rings is 1. The molecule has 186 valence electrons. The largest absolute Gasteiger partial charge is 0.447 e. The second kappa shape index (κ2) is 11.8. The number of nitrogens with one attached hydrogen (secondary N) is 1. The van der Waals surface area contributed by atoms with E-state index in [2.05, 4.69) is 77.4 Å². The summed E-state index contributed by atoms with van der Waals surface area (Å²) in [6.07, 6.45) is 3.85. The smallest absolute Gasteiger partial charge is 0.273 e. The van der Waals surface area contributed by atoms with E-state index in [-0.39, 0.29) is 11.3 Å². The minimum Gasteiger partial charge on any atom is -0.447 e. The van der Waals surface area contributed by atoms with Gasteiger partial charge in [0.15, 0.2) is 5.69 Å². The topological polar surface area (TPSA) is 71.3 Å². The zero-order chi connectivity index (χ0) is 25.4. The molecule has 0 atom stereocenters. The zero-order valence-electron chi connectivity index (χ0n) is 21.3. The van der Waals surface area contributed by atoms with Crippen molar-refractivity contribution in [3.8, 4) is 0 Å². The lowest BCUT2D eigenvalue weighted by molar-refractivity contribution is 0.0949. The summed E-state index contributed by atoms with van der Waals surface area (Å²) >= 11 is 0. The molecule has 0 aliphatic rings. The number of amides is 1. The fourth-order valence-electron chi connectivity index (χ4n) is 4.00. The van der Waals surface area contributed by atoms with E-state index in [1.807, 2.05) is 36.4 Å². The normalized spacial score (nSPS) is 11.6. The molecule has 0 aliphatic carbocycles. The van der Waals surface area contributed by atoms with Gasteiger partial charge in [0.1, 0.15) is 6.26 Å². The van der Waals surface area contributed by atoms with Gasteiger partial charge in [-0.3, -0.25) is 14.7 Å². The molecule has 0 aliphatic heterocycles. The fourth-order valence-corrected chi connectivity index (χ4v) is 4.00. The van der Waals surface area contributed by atoms with Crippen molar-refractivity contribution in [2.45, 2.75) is 52.2 Å². The van der Waals surface area contributed by atoms with Crippen molar-refractivity contribution in [2.24, 2.45) is 0 Å². The van der Waals surface area contributed by atoms with Gasteiger partial charge in [-0.25, -0.2) is 4.98 Å². The van der Waals surface area contributed by atoms with Crippen LogP contribution in [0.15, 0.2) is 89.7 Å². The Morgan fingerprint density at radius 2 is 1.58 bits per heavy atom. The Kier molecular flexibility index (Phi) is 8.28. The summed E-state index contributed by atoms with van der Waals surface area (Å²) in [4.78, 5) is 23.6. The summed E-state index contributed by atoms with van der Waals surface area (Å²) in [6, 6.07) is 24.9. The SMILES string of the molecule is CC(C)(C)c1ccc(CN(Cc2ccccc2)Cc2nc(C(=O)NCCc3ccccn3)co2)cc1. The van der Waals surface area contributed by atoms with Crippen LogP contribution in [0, 0.1) is 0 Å². The molecule has 1 amide bonds. The first-order chi connectivity index (χ1) is 17.4. The average molecular weight is 483 g/mol. The second-order valence-corrected chi connectivity index (χ2v) is 10.0. The standard InChI is InChI=1S/C30H34N4O2/c1-30(2,3)25-14-12-24(13-15-25)20-34(19-23-9-5-4-6-10-23)21-28-33-27(22-36-28)29(35)32-18-16-26-11-7-8-17-31-26/h4-15,17,22H,16,18-21H2,1-3H3,(H,32,35). The van der Waals surface area contributed by atoms with Crippen LogP contribution < -0.4 is 5.32 Å². The molecular weight excluding hydrogens is 448 g/mol. The van der Waals surface area contributed by atoms with E-state index in [4.69, 9.17) is 4.42 Å². The Balaban J connectivity index is 1.40. The number of rotatable bonds is 10. The maximum absolute atomic E-state index is 12.6. The van der Waals surface area contributed by atoms with E-state index >= 15 is 0 Å². The fraction of sp³-hybridized carbons (Fsp3) is 0.300. The van der Waals surface area contributed by atoms with Gasteiger partial charge in [-0.05, 0) is 34.2 Å². The summed E-state index contributed by atoms with van der Waals surface area (Å²) < 4.78 is 5.69. The van der Waals surface area contributed by atoms with Crippen LogP contribution in [0.25, 0.3) is 0 Å². The maximum atomic E-state index is 12.6. The molecule has 2 heterocycles. The molecule has 0 spiro atoms. The molecule has 6 heteroatoms. The summed E-state index contributed by atoms with van der Waals surface area (Å²) in [6.45, 7) is 9.14. The van der Waals surface area contributed by atoms with E-state index in [0.717, 1.165) is 18.8 Å². The summed E-state index contributed by atoms with van der Waals surface area (Å²) in [7, 11) is 0. The van der Waals surface area contributed by atoms with Crippen LogP contribution in [0.5, 0.6) is 0 Å². The van der Waals surface area contributed by atoms with E-state index in [0.29, 0.717) is 31.1 Å². The van der Waals surface area contributed by atoms with E-state index in [1.165, 1.54) is 23.0 Å². The molecule has 4 aromatic rings. The third-order valence-electron chi connectivity index (χ3n) is 6.01. The number of aromatic nitrogens is 2. The first-order valence-electron chi connectivity index (χ1n) is 12.3. The lowest BCUT2D eigenvalue weighted by Crippen LogP contribution is -2.26. The van der Waals surface area contributed by atoms with Gasteiger partial charge in [0.25, 0.3) is 5.91 Å². The van der Waals surface area contributed by atoms with Gasteiger partial charge in [0.2, 0.25) is 5.89 Å². The van der Waals surface area contributed by atoms with Crippen LogP contribution in [0.1, 0.15) is 59.5 Å². The molecule has 2 aromatic carbocycles. The van der Waals surface area contributed by atoms with Crippen molar-refractivity contribution in [2.75, 3.05) is 6.54 Å². The van der Waals surface area contributed by atoms with Crippen molar-refractivity contribution >= 4 is 5.91 Å². The lowest BCUT2D eigenvalue weighted by atomic mass is 9.87. The number of hydrogen-bond donors (Lipinski definition) is 1. The van der Waals surface area contributed by atoms with E-state index in [1.54, 1.807) is 6.20 Å². The zero-order valence-corrected chi connectivity index (χ0v) is 21.3. The maximum Gasteiger partial charge on any atom is 0.273 e. The van der Waals surface area contributed by atoms with Gasteiger partial charge in [-0.1, -0.05) is 81.4 Å². The first kappa shape index (κ1) is 25.3. The molecular formula is C30H34N4O2. The molecule has 0 bridgehead atoms. The molecule has 0 unspecified atom stereocenters. The van der Waals surface area contributed by atoms with Crippen molar-refractivity contribution < 1.29 is 9.21 Å². The highest BCUT2D eigenvalue weighted by Crippen LogP contribution is 2.23. The highest BCUT2D eigenvalue weighted by Gasteiger charge is 2.17. The monoisotopic (exact) mass is 482 g/mol. The number of pyridine rings is 1. The van der Waals surface area contributed by atoms with Crippen LogP contribution in [-0.2, 0) is 31.5 Å². The van der Waals surface area contributed by atoms with Crippen LogP contribution in [0.2, 0.25) is 0 Å². The number of carbonyl (C=O) groups is 1. The summed E-state index contributed by atoms with van der Waals surface area (Å²) in [5, 5.41) is 2.90. The van der Waals surface area contributed by atoms with Gasteiger partial charge >= 0.3 is 0 Å². The number of hydrogen-bond acceptors (Lipinski definition) is 5. The Bertz CT molecular complexity index is 1230. The highest BCUT2D eigenvalue weighted by molar-refractivity contribution is 5.91. The molecule has 4 rings (SSSR count). The molecule has 0 saturated heterocycles. The predicted octanol–water partition coefficient (Wildman–Crippen LogP) is 5.54. The van der Waals surface area contributed by atoms with Gasteiger partial charge in [0.05, 0.1) is 6.54 Å². The van der Waals surface area contributed by atoms with Crippen molar-refractivity contribution in [3.63, 3.8) is 0 Å². The minimum atomic E-state index is -0.242. The van der Waals surface area contributed by atoms with Crippen molar-refractivity contribution in [3.05, 3.63) is 119 Å². The molecule has 0 radical (unpaired) electrons. The van der Waals surface area contributed by atoms with Crippen molar-refractivity contribution in [1.29, 1.82) is 0 Å². The highest BCUT2D eigenvalue weighted by atomic mass is 16.3.